The molecule has 1 aliphatic rings. The number of fused-ring (bicyclic) bond motifs is 1. The van der Waals surface area contributed by atoms with E-state index in [2.05, 4.69) is 20.6 Å². The quantitative estimate of drug-likeness (QED) is 0.604. The molecule has 6 nitrogen and oxygen atoms in total. The van der Waals surface area contributed by atoms with Crippen molar-refractivity contribution in [1.82, 2.24) is 9.97 Å². The predicted molar refractivity (Wildman–Crippen MR) is 112 cm³/mol. The molecule has 0 unspecified atom stereocenters. The molecule has 0 radical (unpaired) electrons. The van der Waals surface area contributed by atoms with Crippen LogP contribution in [0.1, 0.15) is 29.7 Å². The minimum absolute atomic E-state index is 0.0346. The molecular weight excluding hydrogens is 407 g/mol. The van der Waals surface area contributed by atoms with Crippen LogP contribution in [-0.2, 0) is 17.4 Å². The van der Waals surface area contributed by atoms with E-state index in [1.165, 1.54) is 4.90 Å². The fourth-order valence-electron chi connectivity index (χ4n) is 3.48. The van der Waals surface area contributed by atoms with Crippen LogP contribution in [0.4, 0.5) is 36.3 Å². The highest BCUT2D eigenvalue weighted by molar-refractivity contribution is 5.99. The first-order valence-corrected chi connectivity index (χ1v) is 9.64. The molecule has 2 N–H and O–H groups in total. The number of hydrogen-bond acceptors (Lipinski definition) is 5. The lowest BCUT2D eigenvalue weighted by atomic mass is 10.1. The number of alkyl halides is 3. The molecule has 0 spiro atoms. The Bertz CT molecular complexity index is 1120. The van der Waals surface area contributed by atoms with Crippen molar-refractivity contribution in [2.24, 2.45) is 0 Å². The zero-order valence-electron chi connectivity index (χ0n) is 16.9. The van der Waals surface area contributed by atoms with Gasteiger partial charge < -0.3 is 15.5 Å². The number of carbonyl (C=O) groups excluding carboxylic acids is 1. The van der Waals surface area contributed by atoms with Gasteiger partial charge in [0, 0.05) is 24.6 Å². The Balaban J connectivity index is 1.67. The number of benzene rings is 2. The van der Waals surface area contributed by atoms with E-state index < -0.39 is 11.7 Å². The lowest BCUT2D eigenvalue weighted by Crippen LogP contribution is -2.26. The Labute approximate surface area is 177 Å². The second kappa shape index (κ2) is 7.90. The molecule has 0 bridgehead atoms. The van der Waals surface area contributed by atoms with E-state index in [-0.39, 0.29) is 30.1 Å². The number of hydrogen-bond donors (Lipinski definition) is 2. The molecule has 0 saturated carbocycles. The summed E-state index contributed by atoms with van der Waals surface area (Å²) in [6, 6.07) is 14.1. The first-order valence-electron chi connectivity index (χ1n) is 9.64. The maximum absolute atomic E-state index is 13.7. The number of halogens is 3. The molecule has 1 atom stereocenters. The van der Waals surface area contributed by atoms with Gasteiger partial charge in [0.25, 0.3) is 0 Å². The van der Waals surface area contributed by atoms with Gasteiger partial charge in [0.1, 0.15) is 11.4 Å². The summed E-state index contributed by atoms with van der Waals surface area (Å²) in [7, 11) is 1.58. The summed E-state index contributed by atoms with van der Waals surface area (Å²) in [5.41, 5.74) is 2.06. The van der Waals surface area contributed by atoms with Crippen LogP contribution in [0.25, 0.3) is 0 Å². The Hall–Kier alpha value is -3.62. The molecule has 1 aromatic heterocycles. The van der Waals surface area contributed by atoms with Gasteiger partial charge in [-0.2, -0.15) is 18.2 Å². The second-order valence-electron chi connectivity index (χ2n) is 7.35. The molecule has 4 rings (SSSR count). The molecule has 1 amide bonds. The molecule has 1 aliphatic heterocycles. The first kappa shape index (κ1) is 20.6. The number of nitrogens with one attached hydrogen (secondary N) is 2. The number of amides is 1. The van der Waals surface area contributed by atoms with Crippen molar-refractivity contribution < 1.29 is 18.0 Å². The summed E-state index contributed by atoms with van der Waals surface area (Å²) in [6.45, 7) is 1.81. The third-order valence-corrected chi connectivity index (χ3v) is 5.26. The zero-order chi connectivity index (χ0) is 22.2. The summed E-state index contributed by atoms with van der Waals surface area (Å²) in [5, 5.41) is 5.68. The summed E-state index contributed by atoms with van der Waals surface area (Å²) >= 11 is 0. The SMILES string of the molecule is C[C@H](c1ccccc1)N(C)c1nc(Nc2ccc3c(c2)CC(=O)N3)ncc1C(F)(F)F. The Morgan fingerprint density at radius 3 is 2.61 bits per heavy atom. The minimum atomic E-state index is -4.60. The topological polar surface area (TPSA) is 70.2 Å². The van der Waals surface area contributed by atoms with Gasteiger partial charge >= 0.3 is 6.18 Å². The van der Waals surface area contributed by atoms with Gasteiger partial charge in [0.15, 0.2) is 0 Å². The van der Waals surface area contributed by atoms with Crippen molar-refractivity contribution in [1.29, 1.82) is 0 Å². The Morgan fingerprint density at radius 1 is 1.16 bits per heavy atom. The van der Waals surface area contributed by atoms with Gasteiger partial charge in [-0.3, -0.25) is 4.79 Å². The molecule has 9 heteroatoms. The van der Waals surface area contributed by atoms with Crippen molar-refractivity contribution in [2.45, 2.75) is 25.6 Å². The van der Waals surface area contributed by atoms with Crippen LogP contribution < -0.4 is 15.5 Å². The first-order chi connectivity index (χ1) is 14.7. The van der Waals surface area contributed by atoms with Crippen LogP contribution in [0.3, 0.4) is 0 Å². The summed E-state index contributed by atoms with van der Waals surface area (Å²) in [4.78, 5) is 21.1. The van der Waals surface area contributed by atoms with Gasteiger partial charge in [0.2, 0.25) is 11.9 Å². The standard InChI is InChI=1S/C22H20F3N5O/c1-13(14-6-4-3-5-7-14)30(2)20-17(22(23,24)25)12-26-21(29-20)27-16-8-9-18-15(10-16)11-19(31)28-18/h3-10,12-13H,11H2,1-2H3,(H,28,31)(H,26,27,29)/t13-/m1/s1. The van der Waals surface area contributed by atoms with E-state index in [1.807, 2.05) is 37.3 Å². The number of carbonyl (C=O) groups is 1. The smallest absolute Gasteiger partial charge is 0.352 e. The Kier molecular flexibility index (Phi) is 5.26. The van der Waals surface area contributed by atoms with Crippen molar-refractivity contribution >= 4 is 29.0 Å². The van der Waals surface area contributed by atoms with E-state index in [4.69, 9.17) is 0 Å². The maximum atomic E-state index is 13.7. The molecule has 160 valence electrons. The van der Waals surface area contributed by atoms with E-state index in [0.29, 0.717) is 5.69 Å². The van der Waals surface area contributed by atoms with Gasteiger partial charge in [-0.25, -0.2) is 4.98 Å². The average Bonchev–Trinajstić information content (AvgIpc) is 3.11. The van der Waals surface area contributed by atoms with Crippen LogP contribution in [0.5, 0.6) is 0 Å². The zero-order valence-corrected chi connectivity index (χ0v) is 16.9. The second-order valence-corrected chi connectivity index (χ2v) is 7.35. The van der Waals surface area contributed by atoms with E-state index in [9.17, 15) is 18.0 Å². The summed E-state index contributed by atoms with van der Waals surface area (Å²) in [6.07, 6.45) is -3.56. The van der Waals surface area contributed by atoms with E-state index >= 15 is 0 Å². The van der Waals surface area contributed by atoms with Crippen molar-refractivity contribution in [3.8, 4) is 0 Å². The van der Waals surface area contributed by atoms with Gasteiger partial charge in [0.05, 0.1) is 12.5 Å². The molecule has 2 heterocycles. The third kappa shape index (κ3) is 4.30. The predicted octanol–water partition coefficient (Wildman–Crippen LogP) is 4.93. The molecular formula is C22H20F3N5O. The van der Waals surface area contributed by atoms with Crippen LogP contribution in [-0.4, -0.2) is 22.9 Å². The normalized spacial score (nSPS) is 14.0. The highest BCUT2D eigenvalue weighted by Gasteiger charge is 2.37. The van der Waals surface area contributed by atoms with Crippen LogP contribution in [0, 0.1) is 0 Å². The van der Waals surface area contributed by atoms with Crippen LogP contribution >= 0.6 is 0 Å². The molecule has 31 heavy (non-hydrogen) atoms. The lowest BCUT2D eigenvalue weighted by molar-refractivity contribution is -0.137. The molecule has 2 aromatic carbocycles. The van der Waals surface area contributed by atoms with Gasteiger partial charge in [-0.1, -0.05) is 30.3 Å². The van der Waals surface area contributed by atoms with Gasteiger partial charge in [-0.15, -0.1) is 0 Å². The monoisotopic (exact) mass is 427 g/mol. The Morgan fingerprint density at radius 2 is 1.90 bits per heavy atom. The highest BCUT2D eigenvalue weighted by Crippen LogP contribution is 2.38. The minimum Gasteiger partial charge on any atom is -0.352 e. The highest BCUT2D eigenvalue weighted by atomic mass is 19.4. The number of rotatable bonds is 5. The average molecular weight is 427 g/mol. The fourth-order valence-corrected chi connectivity index (χ4v) is 3.48. The van der Waals surface area contributed by atoms with Crippen LogP contribution in [0.2, 0.25) is 0 Å². The van der Waals surface area contributed by atoms with Crippen molar-refractivity contribution in [3.05, 3.63) is 71.4 Å². The van der Waals surface area contributed by atoms with E-state index in [1.54, 1.807) is 25.2 Å². The van der Waals surface area contributed by atoms with Gasteiger partial charge in [-0.05, 0) is 36.2 Å². The lowest BCUT2D eigenvalue weighted by Gasteiger charge is -2.28. The van der Waals surface area contributed by atoms with E-state index in [0.717, 1.165) is 23.0 Å². The largest absolute Gasteiger partial charge is 0.421 e. The number of aromatic nitrogens is 2. The number of anilines is 4. The molecule has 0 fully saturated rings. The summed E-state index contributed by atoms with van der Waals surface area (Å²) in [5.74, 6) is -0.288. The molecule has 3 aromatic rings. The maximum Gasteiger partial charge on any atom is 0.421 e. The molecule has 0 aliphatic carbocycles. The fraction of sp³-hybridized carbons (Fsp3) is 0.227. The van der Waals surface area contributed by atoms with Crippen molar-refractivity contribution in [3.63, 3.8) is 0 Å². The summed E-state index contributed by atoms with van der Waals surface area (Å²) < 4.78 is 41.0. The number of nitrogens with zero attached hydrogens (tertiary/aromatic N) is 3. The third-order valence-electron chi connectivity index (χ3n) is 5.26. The van der Waals surface area contributed by atoms with Crippen LogP contribution in [0.15, 0.2) is 54.7 Å². The molecule has 0 saturated heterocycles. The van der Waals surface area contributed by atoms with Crippen molar-refractivity contribution in [2.75, 3.05) is 22.6 Å².